The fourth-order valence-electron chi connectivity index (χ4n) is 2.02. The molecule has 0 radical (unpaired) electrons. The summed E-state index contributed by atoms with van der Waals surface area (Å²) in [5.41, 5.74) is 5.85. The second-order valence-electron chi connectivity index (χ2n) is 4.65. The highest BCUT2D eigenvalue weighted by Crippen LogP contribution is 2.16. The van der Waals surface area contributed by atoms with Gasteiger partial charge in [0.05, 0.1) is 11.3 Å². The fraction of sp³-hybridized carbons (Fsp3) is 0.286. The molecule has 0 unspecified atom stereocenters. The summed E-state index contributed by atoms with van der Waals surface area (Å²) in [6.07, 6.45) is 2.48. The molecule has 2 rings (SSSR count). The number of nitrogens with zero attached hydrogens (tertiary/aromatic N) is 2. The Bertz CT molecular complexity index is 605. The molecule has 2 aromatic rings. The molecular formula is C14H19N5O. The van der Waals surface area contributed by atoms with Gasteiger partial charge in [-0.05, 0) is 30.7 Å². The summed E-state index contributed by atoms with van der Waals surface area (Å²) in [5, 5.41) is 6.97. The minimum atomic E-state index is -0.139. The summed E-state index contributed by atoms with van der Waals surface area (Å²) < 4.78 is 1.80. The van der Waals surface area contributed by atoms with Crippen molar-refractivity contribution in [1.29, 1.82) is 0 Å². The van der Waals surface area contributed by atoms with Crippen LogP contribution in [0, 0.1) is 6.92 Å². The number of nitrogen functional groups attached to an aromatic ring is 1. The minimum Gasteiger partial charge on any atom is -0.352 e. The van der Waals surface area contributed by atoms with Crippen molar-refractivity contribution in [2.24, 2.45) is 12.9 Å². The number of benzene rings is 1. The number of hydrogen-bond acceptors (Lipinski definition) is 4. The van der Waals surface area contributed by atoms with E-state index >= 15 is 0 Å². The van der Waals surface area contributed by atoms with Crippen LogP contribution in [0.15, 0.2) is 30.5 Å². The molecule has 0 fully saturated rings. The van der Waals surface area contributed by atoms with Gasteiger partial charge < -0.3 is 10.7 Å². The molecule has 6 nitrogen and oxygen atoms in total. The van der Waals surface area contributed by atoms with Crippen molar-refractivity contribution in [3.8, 4) is 0 Å². The first kappa shape index (κ1) is 14.1. The van der Waals surface area contributed by atoms with Crippen molar-refractivity contribution in [2.45, 2.75) is 13.3 Å². The van der Waals surface area contributed by atoms with Crippen LogP contribution in [-0.2, 0) is 13.5 Å². The number of hydrazine groups is 1. The number of amides is 1. The molecule has 0 aliphatic rings. The third kappa shape index (κ3) is 3.16. The van der Waals surface area contributed by atoms with Crippen molar-refractivity contribution < 1.29 is 4.79 Å². The van der Waals surface area contributed by atoms with Gasteiger partial charge >= 0.3 is 0 Å². The summed E-state index contributed by atoms with van der Waals surface area (Å²) in [7, 11) is 1.88. The van der Waals surface area contributed by atoms with E-state index in [2.05, 4.69) is 15.8 Å². The van der Waals surface area contributed by atoms with Gasteiger partial charge in [-0.25, -0.2) is 0 Å². The molecule has 4 N–H and O–H groups in total. The van der Waals surface area contributed by atoms with Gasteiger partial charge in [0.15, 0.2) is 0 Å². The number of anilines is 1. The summed E-state index contributed by atoms with van der Waals surface area (Å²) in [6, 6.07) is 7.43. The molecule has 0 atom stereocenters. The number of rotatable bonds is 5. The molecule has 0 saturated carbocycles. The Morgan fingerprint density at radius 1 is 1.40 bits per heavy atom. The molecule has 1 aromatic carbocycles. The van der Waals surface area contributed by atoms with E-state index < -0.39 is 0 Å². The Kier molecular flexibility index (Phi) is 4.37. The second kappa shape index (κ2) is 6.21. The van der Waals surface area contributed by atoms with Crippen molar-refractivity contribution >= 4 is 11.6 Å². The molecule has 6 heteroatoms. The minimum absolute atomic E-state index is 0.139. The largest absolute Gasteiger partial charge is 0.352 e. The first-order chi connectivity index (χ1) is 9.61. The lowest BCUT2D eigenvalue weighted by Crippen LogP contribution is -2.27. The summed E-state index contributed by atoms with van der Waals surface area (Å²) in [4.78, 5) is 12.1. The number of nitrogens with one attached hydrogen (secondary N) is 2. The molecule has 0 spiro atoms. The molecule has 1 amide bonds. The van der Waals surface area contributed by atoms with Gasteiger partial charge in [0.2, 0.25) is 0 Å². The average molecular weight is 273 g/mol. The summed E-state index contributed by atoms with van der Waals surface area (Å²) in [6.45, 7) is 2.50. The number of nitrogens with two attached hydrogens (primary N) is 1. The Hall–Kier alpha value is -2.34. The second-order valence-corrected chi connectivity index (χ2v) is 4.65. The van der Waals surface area contributed by atoms with Crippen LogP contribution in [-0.4, -0.2) is 22.2 Å². The monoisotopic (exact) mass is 273 g/mol. The van der Waals surface area contributed by atoms with Gasteiger partial charge in [0.1, 0.15) is 0 Å². The maximum atomic E-state index is 12.1. The SMILES string of the molecule is Cc1ccc(C(=O)NCCc2ccnn2C)c(NN)c1. The zero-order valence-electron chi connectivity index (χ0n) is 11.7. The highest BCUT2D eigenvalue weighted by atomic mass is 16.1. The third-order valence-electron chi connectivity index (χ3n) is 3.16. The van der Waals surface area contributed by atoms with Gasteiger partial charge in [0, 0.05) is 31.9 Å². The lowest BCUT2D eigenvalue weighted by molar-refractivity contribution is 0.0954. The van der Waals surface area contributed by atoms with E-state index in [0.29, 0.717) is 17.8 Å². The summed E-state index contributed by atoms with van der Waals surface area (Å²) in [5.74, 6) is 5.30. The van der Waals surface area contributed by atoms with E-state index in [4.69, 9.17) is 5.84 Å². The lowest BCUT2D eigenvalue weighted by Gasteiger charge is -2.10. The normalized spacial score (nSPS) is 10.3. The zero-order valence-corrected chi connectivity index (χ0v) is 11.7. The van der Waals surface area contributed by atoms with Crippen LogP contribution in [0.3, 0.4) is 0 Å². The molecule has 0 bridgehead atoms. The topological polar surface area (TPSA) is 85.0 Å². The van der Waals surface area contributed by atoms with Crippen LogP contribution < -0.4 is 16.6 Å². The third-order valence-corrected chi connectivity index (χ3v) is 3.16. The number of hydrogen-bond donors (Lipinski definition) is 3. The van der Waals surface area contributed by atoms with Crippen molar-refractivity contribution in [3.05, 3.63) is 47.3 Å². The first-order valence-electron chi connectivity index (χ1n) is 6.44. The number of carbonyl (C=O) groups is 1. The molecule has 1 heterocycles. The molecule has 106 valence electrons. The maximum Gasteiger partial charge on any atom is 0.253 e. The van der Waals surface area contributed by atoms with E-state index in [1.165, 1.54) is 0 Å². The average Bonchev–Trinajstić information content (AvgIpc) is 2.84. The predicted molar refractivity (Wildman–Crippen MR) is 78.2 cm³/mol. The van der Waals surface area contributed by atoms with Crippen LogP contribution in [0.2, 0.25) is 0 Å². The van der Waals surface area contributed by atoms with Gasteiger partial charge in [-0.1, -0.05) is 6.07 Å². The first-order valence-corrected chi connectivity index (χ1v) is 6.44. The van der Waals surface area contributed by atoms with Gasteiger partial charge in [-0.2, -0.15) is 5.10 Å². The Morgan fingerprint density at radius 2 is 2.20 bits per heavy atom. The standard InChI is InChI=1S/C14H19N5O/c1-10-3-4-12(13(9-10)18-15)14(20)16-7-5-11-6-8-17-19(11)2/h3-4,6,8-9,18H,5,7,15H2,1-2H3,(H,16,20). The van der Waals surface area contributed by atoms with E-state index in [0.717, 1.165) is 17.7 Å². The molecule has 0 aliphatic heterocycles. The van der Waals surface area contributed by atoms with Crippen molar-refractivity contribution in [1.82, 2.24) is 15.1 Å². The lowest BCUT2D eigenvalue weighted by atomic mass is 10.1. The molecular weight excluding hydrogens is 254 g/mol. The van der Waals surface area contributed by atoms with E-state index in [1.54, 1.807) is 16.9 Å². The van der Waals surface area contributed by atoms with Gasteiger partial charge in [-0.15, -0.1) is 0 Å². The van der Waals surface area contributed by atoms with Crippen LogP contribution in [0.25, 0.3) is 0 Å². The number of aromatic nitrogens is 2. The number of carbonyl (C=O) groups excluding carboxylic acids is 1. The Balaban J connectivity index is 1.97. The van der Waals surface area contributed by atoms with Crippen molar-refractivity contribution in [2.75, 3.05) is 12.0 Å². The highest BCUT2D eigenvalue weighted by Gasteiger charge is 2.10. The molecule has 0 aliphatic carbocycles. The molecule has 1 aromatic heterocycles. The molecule has 0 saturated heterocycles. The smallest absolute Gasteiger partial charge is 0.253 e. The predicted octanol–water partition coefficient (Wildman–Crippen LogP) is 0.987. The quantitative estimate of drug-likeness (QED) is 0.560. The van der Waals surface area contributed by atoms with Crippen molar-refractivity contribution in [3.63, 3.8) is 0 Å². The van der Waals surface area contributed by atoms with Gasteiger partial charge in [-0.3, -0.25) is 15.3 Å². The van der Waals surface area contributed by atoms with Crippen LogP contribution in [0.5, 0.6) is 0 Å². The zero-order chi connectivity index (χ0) is 14.5. The Labute approximate surface area is 117 Å². The molecule has 20 heavy (non-hydrogen) atoms. The summed E-state index contributed by atoms with van der Waals surface area (Å²) >= 11 is 0. The van der Waals surface area contributed by atoms with E-state index in [1.807, 2.05) is 32.2 Å². The Morgan fingerprint density at radius 3 is 2.85 bits per heavy atom. The highest BCUT2D eigenvalue weighted by molar-refractivity contribution is 5.99. The van der Waals surface area contributed by atoms with Crippen LogP contribution in [0.1, 0.15) is 21.6 Å². The van der Waals surface area contributed by atoms with E-state index in [9.17, 15) is 4.79 Å². The van der Waals surface area contributed by atoms with Gasteiger partial charge in [0.25, 0.3) is 5.91 Å². The fourth-order valence-corrected chi connectivity index (χ4v) is 2.02. The van der Waals surface area contributed by atoms with E-state index in [-0.39, 0.29) is 5.91 Å². The van der Waals surface area contributed by atoms with Crippen LogP contribution in [0.4, 0.5) is 5.69 Å². The van der Waals surface area contributed by atoms with Crippen LogP contribution >= 0.6 is 0 Å². The number of aryl methyl sites for hydroxylation is 2. The maximum absolute atomic E-state index is 12.1.